The molecular formula is C40H54N6O9. The lowest BCUT2D eigenvalue weighted by Gasteiger charge is -2.36. The Balaban J connectivity index is 1.49. The lowest BCUT2D eigenvalue weighted by atomic mass is 9.85. The molecule has 0 aliphatic carbocycles. The van der Waals surface area contributed by atoms with Gasteiger partial charge in [-0.1, -0.05) is 76.6 Å². The topological polar surface area (TPSA) is 193 Å². The molecule has 15 nitrogen and oxygen atoms in total. The third kappa shape index (κ3) is 11.6. The molecule has 1 fully saturated rings. The third-order valence-electron chi connectivity index (χ3n) is 9.43. The summed E-state index contributed by atoms with van der Waals surface area (Å²) < 4.78 is 12.0. The second-order valence-corrected chi connectivity index (χ2v) is 15.1. The maximum Gasteiger partial charge on any atom is 0.290 e. The third-order valence-corrected chi connectivity index (χ3v) is 9.43. The minimum atomic E-state index is -1.27. The number of carbonyl (C=O) groups excluding carboxylic acids is 7. The molecule has 0 spiro atoms. The summed E-state index contributed by atoms with van der Waals surface area (Å²) in [6, 6.07) is 11.3. The van der Waals surface area contributed by atoms with Gasteiger partial charge < -0.3 is 40.5 Å². The summed E-state index contributed by atoms with van der Waals surface area (Å²) in [7, 11) is 3.11. The highest BCUT2D eigenvalue weighted by atomic mass is 16.5. The molecule has 2 aromatic carbocycles. The van der Waals surface area contributed by atoms with Crippen LogP contribution in [0.3, 0.4) is 0 Å². The lowest BCUT2D eigenvalue weighted by Crippen LogP contribution is -2.61. The van der Waals surface area contributed by atoms with Gasteiger partial charge in [0.25, 0.3) is 5.91 Å². The van der Waals surface area contributed by atoms with Crippen LogP contribution in [0.1, 0.15) is 70.5 Å². The monoisotopic (exact) mass is 762 g/mol. The number of fused-ring (bicyclic) bond motifs is 4. The van der Waals surface area contributed by atoms with E-state index in [0.29, 0.717) is 42.7 Å². The smallest absolute Gasteiger partial charge is 0.290 e. The number of ether oxygens (including phenoxy) is 2. The molecule has 1 saturated heterocycles. The number of hydrogen-bond donors (Lipinski definition) is 4. The number of nitrogens with one attached hydrogen (secondary N) is 4. The zero-order chi connectivity index (χ0) is 40.3. The Bertz CT molecular complexity index is 1710. The van der Waals surface area contributed by atoms with Crippen LogP contribution in [0, 0.1) is 5.41 Å². The van der Waals surface area contributed by atoms with Crippen molar-refractivity contribution in [1.29, 1.82) is 0 Å². The molecule has 0 radical (unpaired) electrons. The zero-order valence-electron chi connectivity index (χ0n) is 32.5. The maximum absolute atomic E-state index is 14.3. The van der Waals surface area contributed by atoms with Gasteiger partial charge in [0.15, 0.2) is 0 Å². The Hall–Kier alpha value is -5.31. The zero-order valence-corrected chi connectivity index (χ0v) is 32.5. The summed E-state index contributed by atoms with van der Waals surface area (Å²) in [5.74, 6) is -4.11. The van der Waals surface area contributed by atoms with Crippen LogP contribution in [-0.2, 0) is 44.7 Å². The van der Waals surface area contributed by atoms with Crippen molar-refractivity contribution >= 4 is 41.2 Å². The van der Waals surface area contributed by atoms with Crippen molar-refractivity contribution in [3.63, 3.8) is 0 Å². The van der Waals surface area contributed by atoms with Crippen molar-refractivity contribution in [2.45, 2.75) is 90.1 Å². The molecule has 5 atom stereocenters. The number of nitrogens with zero attached hydrogens (tertiary/aromatic N) is 2. The molecule has 4 bridgehead atoms. The van der Waals surface area contributed by atoms with Gasteiger partial charge in [-0.3, -0.25) is 33.6 Å². The Labute approximate surface area is 322 Å². The SMILES string of the molecule is CCCC(NC(=O)[C@@H]1[C@@H]2CCN1C(=O)[C@H](C(C)(C)C)NC(=O)Cc1cccc(c1)OCCCO2)C(=O)C(=O)NCC(=O)N[C@H](C(=O)N(C)C)c1ccccc1. The van der Waals surface area contributed by atoms with Crippen molar-refractivity contribution in [2.24, 2.45) is 5.41 Å². The van der Waals surface area contributed by atoms with Gasteiger partial charge >= 0.3 is 0 Å². The van der Waals surface area contributed by atoms with E-state index in [0.717, 1.165) is 0 Å². The molecule has 2 heterocycles. The van der Waals surface area contributed by atoms with Crippen LogP contribution in [-0.4, -0.2) is 116 Å². The van der Waals surface area contributed by atoms with E-state index in [2.05, 4.69) is 21.3 Å². The van der Waals surface area contributed by atoms with Crippen LogP contribution >= 0.6 is 0 Å². The van der Waals surface area contributed by atoms with E-state index in [9.17, 15) is 33.6 Å². The van der Waals surface area contributed by atoms with Crippen LogP contribution in [0.25, 0.3) is 0 Å². The standard InChI is InChI=1S/C40H54N6O9/c1-7-13-28(34(49)37(51)41-24-31(48)43-32(38(52)45(5)6)26-15-9-8-10-16-26)42-36(50)33-29-18-19-46(33)39(53)35(40(2,3)4)44-30(47)23-25-14-11-17-27(22-25)54-20-12-21-55-29/h8-11,14-17,22,28-29,32-33,35H,7,12-13,18-21,23-24H2,1-6H3,(H,41,51)(H,42,50)(H,43,48)(H,44,47)/t28?,29-,32-,33-,35+/m0/s1. The van der Waals surface area contributed by atoms with Crippen molar-refractivity contribution in [3.8, 4) is 5.75 Å². The summed E-state index contributed by atoms with van der Waals surface area (Å²) >= 11 is 0. The fourth-order valence-corrected chi connectivity index (χ4v) is 6.56. The molecular weight excluding hydrogens is 708 g/mol. The molecule has 1 unspecified atom stereocenters. The van der Waals surface area contributed by atoms with Gasteiger partial charge in [0.2, 0.25) is 35.3 Å². The predicted octanol–water partition coefficient (Wildman–Crippen LogP) is 1.44. The normalized spacial score (nSPS) is 20.3. The molecule has 55 heavy (non-hydrogen) atoms. The largest absolute Gasteiger partial charge is 0.493 e. The van der Waals surface area contributed by atoms with E-state index in [-0.39, 0.29) is 37.8 Å². The van der Waals surface area contributed by atoms with Gasteiger partial charge in [-0.15, -0.1) is 0 Å². The van der Waals surface area contributed by atoms with Gasteiger partial charge in [-0.05, 0) is 41.5 Å². The highest BCUT2D eigenvalue weighted by Crippen LogP contribution is 2.28. The first kappa shape index (κ1) is 42.4. The van der Waals surface area contributed by atoms with E-state index in [4.69, 9.17) is 9.47 Å². The first-order valence-electron chi connectivity index (χ1n) is 18.7. The highest BCUT2D eigenvalue weighted by molar-refractivity contribution is 6.38. The van der Waals surface area contributed by atoms with E-state index >= 15 is 0 Å². The molecule has 2 aromatic rings. The van der Waals surface area contributed by atoms with Crippen LogP contribution in [0.15, 0.2) is 54.6 Å². The number of amides is 6. The number of carbonyl (C=O) groups is 7. The summed E-state index contributed by atoms with van der Waals surface area (Å²) in [5.41, 5.74) is 0.511. The molecule has 0 aromatic heterocycles. The Kier molecular flexibility index (Phi) is 14.9. The summed E-state index contributed by atoms with van der Waals surface area (Å²) in [6.07, 6.45) is 0.589. The fourth-order valence-electron chi connectivity index (χ4n) is 6.56. The van der Waals surface area contributed by atoms with Crippen molar-refractivity contribution in [2.75, 3.05) is 40.4 Å². The van der Waals surface area contributed by atoms with Crippen molar-refractivity contribution in [1.82, 2.24) is 31.1 Å². The number of benzene rings is 2. The average Bonchev–Trinajstić information content (AvgIpc) is 3.57. The van der Waals surface area contributed by atoms with E-state index in [1.807, 2.05) is 20.8 Å². The van der Waals surface area contributed by atoms with Gasteiger partial charge in [-0.2, -0.15) is 0 Å². The number of ketones is 1. The van der Waals surface area contributed by atoms with E-state index in [1.165, 1.54) is 9.80 Å². The van der Waals surface area contributed by atoms with Crippen LogP contribution in [0.4, 0.5) is 0 Å². The minimum Gasteiger partial charge on any atom is -0.493 e. The van der Waals surface area contributed by atoms with E-state index in [1.54, 1.807) is 75.6 Å². The number of rotatable bonds is 11. The highest BCUT2D eigenvalue weighted by Gasteiger charge is 2.47. The van der Waals surface area contributed by atoms with Crippen LogP contribution in [0.2, 0.25) is 0 Å². The number of likely N-dealkylation sites (N-methyl/N-ethyl adjacent to an activating group) is 1. The second kappa shape index (κ2) is 19.3. The molecule has 4 N–H and O–H groups in total. The number of hydrogen-bond acceptors (Lipinski definition) is 9. The van der Waals surface area contributed by atoms with Gasteiger partial charge in [0, 0.05) is 27.1 Å². The lowest BCUT2D eigenvalue weighted by molar-refractivity contribution is -0.147. The van der Waals surface area contributed by atoms with Gasteiger partial charge in [0.1, 0.15) is 23.9 Å². The predicted molar refractivity (Wildman–Crippen MR) is 202 cm³/mol. The second-order valence-electron chi connectivity index (χ2n) is 15.1. The van der Waals surface area contributed by atoms with Crippen LogP contribution < -0.4 is 26.0 Å². The molecule has 15 heteroatoms. The molecule has 2 aliphatic heterocycles. The molecule has 6 amide bonds. The number of Topliss-reactive ketones (excluding diaryl/α,β-unsaturated/α-hetero) is 1. The first-order valence-corrected chi connectivity index (χ1v) is 18.7. The summed E-state index contributed by atoms with van der Waals surface area (Å²) in [6.45, 7) is 7.33. The Morgan fingerprint density at radius 3 is 2.38 bits per heavy atom. The van der Waals surface area contributed by atoms with Crippen molar-refractivity contribution in [3.05, 3.63) is 65.7 Å². The van der Waals surface area contributed by atoms with Gasteiger partial charge in [0.05, 0.1) is 38.3 Å². The van der Waals surface area contributed by atoms with Crippen molar-refractivity contribution < 1.29 is 43.0 Å². The summed E-state index contributed by atoms with van der Waals surface area (Å²) in [4.78, 5) is 96.8. The molecule has 298 valence electrons. The van der Waals surface area contributed by atoms with Gasteiger partial charge in [-0.25, -0.2) is 0 Å². The van der Waals surface area contributed by atoms with Crippen LogP contribution in [0.5, 0.6) is 5.75 Å². The first-order chi connectivity index (χ1) is 26.1. The quantitative estimate of drug-likeness (QED) is 0.246. The fraction of sp³-hybridized carbons (Fsp3) is 0.525. The maximum atomic E-state index is 14.3. The Morgan fingerprint density at radius 1 is 0.982 bits per heavy atom. The molecule has 0 saturated carbocycles. The summed E-state index contributed by atoms with van der Waals surface area (Å²) in [5, 5.41) is 10.5. The van der Waals surface area contributed by atoms with E-state index < -0.39 is 71.6 Å². The molecule has 4 rings (SSSR count). The minimum absolute atomic E-state index is 0.0130. The average molecular weight is 763 g/mol. The molecule has 2 aliphatic rings. The Morgan fingerprint density at radius 2 is 1.71 bits per heavy atom.